The summed E-state index contributed by atoms with van der Waals surface area (Å²) in [6, 6.07) is 15.8. The van der Waals surface area contributed by atoms with Crippen LogP contribution < -0.4 is 10.5 Å². The Bertz CT molecular complexity index is 1040. The highest BCUT2D eigenvalue weighted by Crippen LogP contribution is 2.41. The van der Waals surface area contributed by atoms with Crippen molar-refractivity contribution in [1.29, 1.82) is 5.26 Å². The first kappa shape index (κ1) is 19.4. The maximum Gasteiger partial charge on any atom is 0.142 e. The van der Waals surface area contributed by atoms with Gasteiger partial charge in [0.05, 0.1) is 12.3 Å². The molecule has 1 heterocycles. The van der Waals surface area contributed by atoms with Gasteiger partial charge in [0.25, 0.3) is 0 Å². The van der Waals surface area contributed by atoms with Crippen molar-refractivity contribution in [3.63, 3.8) is 0 Å². The van der Waals surface area contributed by atoms with Crippen LogP contribution in [0.1, 0.15) is 18.1 Å². The highest BCUT2D eigenvalue weighted by atomic mass is 79.9. The molecule has 0 aliphatic heterocycles. The topological polar surface area (TPSA) is 71.9 Å². The lowest BCUT2D eigenvalue weighted by Gasteiger charge is -2.18. The van der Waals surface area contributed by atoms with Crippen molar-refractivity contribution in [3.05, 3.63) is 62.5 Å². The Hall–Kier alpha value is -2.36. The van der Waals surface area contributed by atoms with Gasteiger partial charge in [0, 0.05) is 25.6 Å². The van der Waals surface area contributed by atoms with Gasteiger partial charge in [0.15, 0.2) is 0 Å². The van der Waals surface area contributed by atoms with E-state index in [2.05, 4.69) is 42.9 Å². The minimum Gasteiger partial charge on any atom is -0.493 e. The number of anilines is 1. The number of hydrogen-bond acceptors (Lipinski definition) is 4. The van der Waals surface area contributed by atoms with Gasteiger partial charge in [-0.15, -0.1) is 0 Å². The third-order valence-electron chi connectivity index (χ3n) is 4.21. The van der Waals surface area contributed by atoms with E-state index in [4.69, 9.17) is 10.5 Å². The van der Waals surface area contributed by atoms with E-state index >= 15 is 0 Å². The zero-order chi connectivity index (χ0) is 19.6. The molecule has 4 nitrogen and oxygen atoms in total. The number of benzene rings is 2. The summed E-state index contributed by atoms with van der Waals surface area (Å²) >= 11 is 6.96. The van der Waals surface area contributed by atoms with Gasteiger partial charge in [-0.1, -0.05) is 44.0 Å². The summed E-state index contributed by atoms with van der Waals surface area (Å²) < 4.78 is 7.68. The van der Waals surface area contributed by atoms with E-state index in [1.165, 1.54) is 0 Å². The molecule has 0 fully saturated rings. The number of nitrogen functional groups attached to an aromatic ring is 1. The predicted octanol–water partition coefficient (Wildman–Crippen LogP) is 6.10. The Balaban J connectivity index is 2.35. The van der Waals surface area contributed by atoms with Gasteiger partial charge >= 0.3 is 0 Å². The largest absolute Gasteiger partial charge is 0.493 e. The molecule has 0 bridgehead atoms. The average molecular weight is 487 g/mol. The van der Waals surface area contributed by atoms with Crippen molar-refractivity contribution in [2.45, 2.75) is 13.8 Å². The minimum atomic E-state index is 0.207. The summed E-state index contributed by atoms with van der Waals surface area (Å²) in [5.41, 5.74) is 10.6. The molecule has 0 spiro atoms. The summed E-state index contributed by atoms with van der Waals surface area (Å²) in [5.74, 6) is 0.908. The van der Waals surface area contributed by atoms with Crippen molar-refractivity contribution in [1.82, 2.24) is 4.98 Å². The predicted molar refractivity (Wildman–Crippen MR) is 116 cm³/mol. The molecule has 3 rings (SSSR count). The number of hydrogen-bond donors (Lipinski definition) is 1. The molecule has 0 aliphatic rings. The number of pyridine rings is 1. The number of nitrogens with zero attached hydrogens (tertiary/aromatic N) is 2. The number of halogens is 2. The Morgan fingerprint density at radius 3 is 2.41 bits per heavy atom. The van der Waals surface area contributed by atoms with Gasteiger partial charge in [-0.2, -0.15) is 5.26 Å². The highest BCUT2D eigenvalue weighted by Gasteiger charge is 2.21. The van der Waals surface area contributed by atoms with Crippen LogP contribution >= 0.6 is 31.9 Å². The van der Waals surface area contributed by atoms with Crippen molar-refractivity contribution in [2.24, 2.45) is 0 Å². The van der Waals surface area contributed by atoms with Gasteiger partial charge in [-0.05, 0) is 49.7 Å². The molecule has 136 valence electrons. The lowest BCUT2D eigenvalue weighted by atomic mass is 9.92. The van der Waals surface area contributed by atoms with E-state index in [1.807, 2.05) is 56.3 Å². The summed E-state index contributed by atoms with van der Waals surface area (Å²) in [6.07, 6.45) is 0. The van der Waals surface area contributed by atoms with Gasteiger partial charge in [-0.3, -0.25) is 0 Å². The second-order valence-corrected chi connectivity index (χ2v) is 7.74. The summed E-state index contributed by atoms with van der Waals surface area (Å²) in [7, 11) is 0. The first-order valence-electron chi connectivity index (χ1n) is 8.35. The lowest BCUT2D eigenvalue weighted by molar-refractivity contribution is 0.341. The molecule has 1 aromatic heterocycles. The Morgan fingerprint density at radius 2 is 1.78 bits per heavy atom. The van der Waals surface area contributed by atoms with Crippen LogP contribution in [0.3, 0.4) is 0 Å². The summed E-state index contributed by atoms with van der Waals surface area (Å²) in [6.45, 7) is 4.41. The molecule has 27 heavy (non-hydrogen) atoms. The molecule has 2 aromatic carbocycles. The molecule has 6 heteroatoms. The van der Waals surface area contributed by atoms with E-state index < -0.39 is 0 Å². The van der Waals surface area contributed by atoms with E-state index in [9.17, 15) is 5.26 Å². The van der Waals surface area contributed by atoms with Gasteiger partial charge in [0.1, 0.15) is 23.2 Å². The maximum atomic E-state index is 9.74. The first-order valence-corrected chi connectivity index (χ1v) is 9.93. The van der Waals surface area contributed by atoms with Crippen LogP contribution in [0, 0.1) is 18.3 Å². The molecule has 0 radical (unpaired) electrons. The monoisotopic (exact) mass is 485 g/mol. The van der Waals surface area contributed by atoms with E-state index in [1.54, 1.807) is 0 Å². The Labute approximate surface area is 175 Å². The standard InChI is InChI=1S/C21H17Br2N3O/c1-3-27-18-9-8-15(23)10-16(18)19-12(2)20(26-21(25)17(19)11-24)13-4-6-14(22)7-5-13/h4-10H,3H2,1-2H3,(H2,25,26). The third kappa shape index (κ3) is 3.85. The van der Waals surface area contributed by atoms with Crippen molar-refractivity contribution < 1.29 is 4.74 Å². The Kier molecular flexibility index (Phi) is 5.83. The Morgan fingerprint density at radius 1 is 1.11 bits per heavy atom. The molecule has 0 unspecified atom stereocenters. The van der Waals surface area contributed by atoms with Crippen LogP contribution in [0.4, 0.5) is 5.82 Å². The molecule has 0 amide bonds. The third-order valence-corrected chi connectivity index (χ3v) is 5.23. The quantitative estimate of drug-likeness (QED) is 0.483. The van der Waals surface area contributed by atoms with Crippen LogP contribution in [0.15, 0.2) is 51.4 Å². The van der Waals surface area contributed by atoms with Crippen molar-refractivity contribution in [2.75, 3.05) is 12.3 Å². The molecule has 3 aromatic rings. The van der Waals surface area contributed by atoms with Crippen LogP contribution in [-0.4, -0.2) is 11.6 Å². The average Bonchev–Trinajstić information content (AvgIpc) is 2.65. The van der Waals surface area contributed by atoms with Gasteiger partial charge < -0.3 is 10.5 Å². The summed E-state index contributed by atoms with van der Waals surface area (Å²) in [4.78, 5) is 4.52. The molecule has 2 N–H and O–H groups in total. The lowest BCUT2D eigenvalue weighted by Crippen LogP contribution is -2.04. The van der Waals surface area contributed by atoms with E-state index in [-0.39, 0.29) is 5.82 Å². The smallest absolute Gasteiger partial charge is 0.142 e. The number of nitrogens with two attached hydrogens (primary N) is 1. The zero-order valence-corrected chi connectivity index (χ0v) is 18.1. The SMILES string of the molecule is CCOc1ccc(Br)cc1-c1c(C)c(-c2ccc(Br)cc2)nc(N)c1C#N. The van der Waals surface area contributed by atoms with Crippen molar-refractivity contribution in [3.8, 4) is 34.2 Å². The highest BCUT2D eigenvalue weighted by molar-refractivity contribution is 9.10. The first-order chi connectivity index (χ1) is 13.0. The van der Waals surface area contributed by atoms with Crippen LogP contribution in [0.5, 0.6) is 5.75 Å². The van der Waals surface area contributed by atoms with Crippen LogP contribution in [0.2, 0.25) is 0 Å². The molecule has 0 atom stereocenters. The van der Waals surface area contributed by atoms with Crippen molar-refractivity contribution >= 4 is 37.7 Å². The van der Waals surface area contributed by atoms with E-state index in [0.29, 0.717) is 17.9 Å². The zero-order valence-electron chi connectivity index (χ0n) is 14.9. The number of rotatable bonds is 4. The fraction of sp³-hybridized carbons (Fsp3) is 0.143. The fourth-order valence-corrected chi connectivity index (χ4v) is 3.64. The second kappa shape index (κ2) is 8.12. The van der Waals surface area contributed by atoms with Crippen LogP contribution in [0.25, 0.3) is 22.4 Å². The molecular formula is C21H17Br2N3O. The van der Waals surface area contributed by atoms with E-state index in [0.717, 1.165) is 36.9 Å². The number of ether oxygens (including phenoxy) is 1. The second-order valence-electron chi connectivity index (χ2n) is 5.91. The number of nitriles is 1. The van der Waals surface area contributed by atoms with Gasteiger partial charge in [0.2, 0.25) is 0 Å². The molecule has 0 saturated carbocycles. The molecule has 0 aliphatic carbocycles. The van der Waals surface area contributed by atoms with Crippen LogP contribution in [-0.2, 0) is 0 Å². The fourth-order valence-electron chi connectivity index (χ4n) is 3.01. The number of aromatic nitrogens is 1. The minimum absolute atomic E-state index is 0.207. The maximum absolute atomic E-state index is 9.74. The summed E-state index contributed by atoms with van der Waals surface area (Å²) in [5, 5.41) is 9.74. The van der Waals surface area contributed by atoms with Gasteiger partial charge in [-0.25, -0.2) is 4.98 Å². The normalized spacial score (nSPS) is 10.5. The molecule has 0 saturated heterocycles. The molecular weight excluding hydrogens is 470 g/mol.